The lowest BCUT2D eigenvalue weighted by Gasteiger charge is -2.40. The van der Waals surface area contributed by atoms with Gasteiger partial charge in [0.25, 0.3) is 0 Å². The van der Waals surface area contributed by atoms with Gasteiger partial charge in [-0.05, 0) is 43.0 Å². The summed E-state index contributed by atoms with van der Waals surface area (Å²) in [7, 11) is 0. The van der Waals surface area contributed by atoms with Crippen molar-refractivity contribution in [2.45, 2.75) is 37.8 Å². The molecule has 0 aromatic heterocycles. The molecule has 2 fully saturated rings. The summed E-state index contributed by atoms with van der Waals surface area (Å²) in [5.41, 5.74) is 1.34. The van der Waals surface area contributed by atoms with Gasteiger partial charge < -0.3 is 14.8 Å². The van der Waals surface area contributed by atoms with Gasteiger partial charge in [0, 0.05) is 30.1 Å². The van der Waals surface area contributed by atoms with E-state index < -0.39 is 0 Å². The van der Waals surface area contributed by atoms with Crippen molar-refractivity contribution >= 4 is 15.9 Å². The van der Waals surface area contributed by atoms with Crippen LogP contribution in [0.25, 0.3) is 0 Å². The van der Waals surface area contributed by atoms with E-state index in [1.165, 1.54) is 5.56 Å². The van der Waals surface area contributed by atoms with Gasteiger partial charge in [-0.15, -0.1) is 0 Å². The van der Waals surface area contributed by atoms with Crippen LogP contribution in [-0.4, -0.2) is 32.0 Å². The lowest BCUT2D eigenvalue weighted by Crippen LogP contribution is -2.44. The minimum atomic E-state index is -0.0252. The smallest absolute Gasteiger partial charge is 0.0940 e. The van der Waals surface area contributed by atoms with Crippen molar-refractivity contribution in [3.8, 4) is 0 Å². The first-order valence-electron chi connectivity index (χ1n) is 7.93. The Morgan fingerprint density at radius 3 is 3.05 bits per heavy atom. The Balaban J connectivity index is 1.80. The van der Waals surface area contributed by atoms with Crippen molar-refractivity contribution in [1.82, 2.24) is 5.32 Å². The average Bonchev–Trinajstić information content (AvgIpc) is 2.92. The molecule has 0 amide bonds. The molecule has 1 spiro atoms. The molecule has 0 aliphatic carbocycles. The first kappa shape index (κ1) is 15.5. The molecule has 3 rings (SSSR count). The van der Waals surface area contributed by atoms with Gasteiger partial charge in [-0.1, -0.05) is 35.0 Å². The fourth-order valence-corrected chi connectivity index (χ4v) is 4.11. The van der Waals surface area contributed by atoms with Gasteiger partial charge in [0.15, 0.2) is 0 Å². The third-order valence-corrected chi connectivity index (χ3v) is 5.19. The molecule has 4 heteroatoms. The molecule has 0 radical (unpaired) electrons. The fraction of sp³-hybridized carbons (Fsp3) is 0.647. The first-order valence-corrected chi connectivity index (χ1v) is 8.72. The van der Waals surface area contributed by atoms with Gasteiger partial charge in [-0.3, -0.25) is 0 Å². The summed E-state index contributed by atoms with van der Waals surface area (Å²) in [5.74, 6) is 0.606. The Morgan fingerprint density at radius 2 is 2.33 bits per heavy atom. The van der Waals surface area contributed by atoms with E-state index in [0.717, 1.165) is 50.1 Å². The Bertz CT molecular complexity index is 474. The van der Waals surface area contributed by atoms with Crippen LogP contribution in [0.4, 0.5) is 0 Å². The lowest BCUT2D eigenvalue weighted by atomic mass is 9.79. The highest BCUT2D eigenvalue weighted by atomic mass is 79.9. The second-order valence-corrected chi connectivity index (χ2v) is 7.09. The zero-order valence-corrected chi connectivity index (χ0v) is 14.2. The molecule has 2 heterocycles. The molecule has 2 aliphatic rings. The number of benzene rings is 1. The van der Waals surface area contributed by atoms with Gasteiger partial charge in [-0.25, -0.2) is 0 Å². The lowest BCUT2D eigenvalue weighted by molar-refractivity contribution is -0.103. The van der Waals surface area contributed by atoms with Crippen LogP contribution in [-0.2, 0) is 9.47 Å². The van der Waals surface area contributed by atoms with Crippen LogP contribution in [0.2, 0.25) is 0 Å². The van der Waals surface area contributed by atoms with Crippen LogP contribution in [0.1, 0.15) is 37.8 Å². The summed E-state index contributed by atoms with van der Waals surface area (Å²) in [4.78, 5) is 0. The van der Waals surface area contributed by atoms with Gasteiger partial charge in [0.1, 0.15) is 0 Å². The zero-order chi connectivity index (χ0) is 14.7. The molecular formula is C17H24BrNO2. The fourth-order valence-electron chi connectivity index (χ4n) is 3.69. The molecule has 1 N–H and O–H groups in total. The third kappa shape index (κ3) is 3.50. The number of halogens is 1. The topological polar surface area (TPSA) is 30.5 Å². The van der Waals surface area contributed by atoms with E-state index in [2.05, 4.69) is 52.4 Å². The van der Waals surface area contributed by atoms with Crippen LogP contribution in [0.15, 0.2) is 28.7 Å². The molecular weight excluding hydrogens is 330 g/mol. The number of hydrogen-bond acceptors (Lipinski definition) is 3. The minimum absolute atomic E-state index is 0.0252. The summed E-state index contributed by atoms with van der Waals surface area (Å²) >= 11 is 3.59. The van der Waals surface area contributed by atoms with E-state index in [0.29, 0.717) is 12.0 Å². The van der Waals surface area contributed by atoms with E-state index in [4.69, 9.17) is 9.47 Å². The maximum atomic E-state index is 6.08. The predicted octanol–water partition coefficient (Wildman–Crippen LogP) is 3.69. The zero-order valence-electron chi connectivity index (χ0n) is 12.6. The summed E-state index contributed by atoms with van der Waals surface area (Å²) in [6.07, 6.45) is 3.25. The average molecular weight is 354 g/mol. The van der Waals surface area contributed by atoms with Crippen LogP contribution < -0.4 is 5.32 Å². The second-order valence-electron chi connectivity index (χ2n) is 6.18. The summed E-state index contributed by atoms with van der Waals surface area (Å²) in [5, 5.41) is 3.68. The highest BCUT2D eigenvalue weighted by molar-refractivity contribution is 9.10. The van der Waals surface area contributed by atoms with Gasteiger partial charge in [0.2, 0.25) is 0 Å². The van der Waals surface area contributed by atoms with Crippen molar-refractivity contribution in [2.75, 3.05) is 26.4 Å². The van der Waals surface area contributed by atoms with E-state index in [-0.39, 0.29) is 5.60 Å². The Kier molecular flexibility index (Phi) is 4.99. The molecule has 1 aromatic carbocycles. The van der Waals surface area contributed by atoms with Gasteiger partial charge >= 0.3 is 0 Å². The molecule has 0 saturated carbocycles. The van der Waals surface area contributed by atoms with E-state index in [9.17, 15) is 0 Å². The van der Waals surface area contributed by atoms with E-state index in [1.807, 2.05) is 0 Å². The molecule has 0 bridgehead atoms. The van der Waals surface area contributed by atoms with Crippen molar-refractivity contribution in [3.63, 3.8) is 0 Å². The summed E-state index contributed by atoms with van der Waals surface area (Å²) < 4.78 is 12.8. The molecule has 3 unspecified atom stereocenters. The van der Waals surface area contributed by atoms with E-state index in [1.54, 1.807) is 0 Å². The molecule has 3 nitrogen and oxygen atoms in total. The maximum absolute atomic E-state index is 6.08. The summed E-state index contributed by atoms with van der Waals surface area (Å²) in [6.45, 7) is 5.62. The van der Waals surface area contributed by atoms with Crippen molar-refractivity contribution < 1.29 is 9.47 Å². The monoisotopic (exact) mass is 353 g/mol. The van der Waals surface area contributed by atoms with Crippen LogP contribution in [0.3, 0.4) is 0 Å². The Labute approximate surface area is 135 Å². The number of rotatable bonds is 4. The molecule has 1 aromatic rings. The molecule has 2 saturated heterocycles. The standard InChI is InChI=1S/C17H24BrNO2/c1-2-19-16(13-4-3-5-15(18)10-13)14-6-8-21-17(11-14)7-9-20-12-17/h3-5,10,14,16,19H,2,6-9,11-12H2,1H3. The minimum Gasteiger partial charge on any atom is -0.378 e. The highest BCUT2D eigenvalue weighted by Crippen LogP contribution is 2.41. The Hall–Kier alpha value is -0.420. The predicted molar refractivity (Wildman–Crippen MR) is 87.4 cm³/mol. The highest BCUT2D eigenvalue weighted by Gasteiger charge is 2.43. The van der Waals surface area contributed by atoms with Gasteiger partial charge in [-0.2, -0.15) is 0 Å². The van der Waals surface area contributed by atoms with Crippen molar-refractivity contribution in [2.24, 2.45) is 5.92 Å². The SMILES string of the molecule is CCNC(c1cccc(Br)c1)C1CCOC2(CCOC2)C1. The number of hydrogen-bond donors (Lipinski definition) is 1. The maximum Gasteiger partial charge on any atom is 0.0940 e. The van der Waals surface area contributed by atoms with E-state index >= 15 is 0 Å². The van der Waals surface area contributed by atoms with Crippen LogP contribution >= 0.6 is 15.9 Å². The molecule has 3 atom stereocenters. The molecule has 116 valence electrons. The largest absolute Gasteiger partial charge is 0.378 e. The van der Waals surface area contributed by atoms with Crippen LogP contribution in [0, 0.1) is 5.92 Å². The number of nitrogens with one attached hydrogen (secondary N) is 1. The molecule has 2 aliphatic heterocycles. The van der Waals surface area contributed by atoms with Crippen molar-refractivity contribution in [3.05, 3.63) is 34.3 Å². The summed E-state index contributed by atoms with van der Waals surface area (Å²) in [6, 6.07) is 9.07. The van der Waals surface area contributed by atoms with Gasteiger partial charge in [0.05, 0.1) is 12.2 Å². The molecule has 21 heavy (non-hydrogen) atoms. The third-order valence-electron chi connectivity index (χ3n) is 4.70. The quantitative estimate of drug-likeness (QED) is 0.895. The van der Waals surface area contributed by atoms with Crippen LogP contribution in [0.5, 0.6) is 0 Å². The first-order chi connectivity index (χ1) is 10.2. The number of ether oxygens (including phenoxy) is 2. The van der Waals surface area contributed by atoms with Crippen molar-refractivity contribution in [1.29, 1.82) is 0 Å². The normalized spacial score (nSPS) is 30.7. The second kappa shape index (κ2) is 6.78. The Morgan fingerprint density at radius 1 is 1.43 bits per heavy atom.